The van der Waals surface area contributed by atoms with E-state index in [1.807, 2.05) is 12.1 Å². The molecule has 0 bridgehead atoms. The molecule has 0 fully saturated rings. The highest BCUT2D eigenvalue weighted by Gasteiger charge is 2.35. The Hall–Kier alpha value is -1.47. The van der Waals surface area contributed by atoms with E-state index in [1.165, 1.54) is 12.1 Å². The normalized spacial score (nSPS) is 12.4. The summed E-state index contributed by atoms with van der Waals surface area (Å²) >= 11 is 6.26. The molecular weight excluding hydrogens is 489 g/mol. The summed E-state index contributed by atoms with van der Waals surface area (Å²) in [4.78, 5) is 0. The second kappa shape index (κ2) is 9.64. The topological polar surface area (TPSA) is 18.5 Å². The summed E-state index contributed by atoms with van der Waals surface area (Å²) in [5.74, 6) is 0.749. The molecular formula is C20H19Br2F3O2. The zero-order chi connectivity index (χ0) is 20.0. The molecule has 0 radical (unpaired) electrons. The van der Waals surface area contributed by atoms with E-state index in [9.17, 15) is 13.2 Å². The summed E-state index contributed by atoms with van der Waals surface area (Å²) in [6.07, 6.45) is -1.98. The molecule has 0 aromatic heterocycles. The quantitative estimate of drug-likeness (QED) is 0.377. The monoisotopic (exact) mass is 506 g/mol. The van der Waals surface area contributed by atoms with Gasteiger partial charge in [0.2, 0.25) is 0 Å². The number of hydrogen-bond donors (Lipinski definition) is 0. The molecule has 0 aliphatic heterocycles. The van der Waals surface area contributed by atoms with Gasteiger partial charge in [0, 0.05) is 0 Å². The van der Waals surface area contributed by atoms with Crippen molar-refractivity contribution < 1.29 is 22.6 Å². The van der Waals surface area contributed by atoms with Crippen LogP contribution in [0.5, 0.6) is 17.2 Å². The maximum atomic E-state index is 13.4. The highest BCUT2D eigenvalue weighted by molar-refractivity contribution is 9.28. The molecule has 0 heterocycles. The summed E-state index contributed by atoms with van der Waals surface area (Å²) < 4.78 is 51.5. The first-order valence-electron chi connectivity index (χ1n) is 8.33. The number of ether oxygens (including phenoxy) is 2. The van der Waals surface area contributed by atoms with E-state index in [0.717, 1.165) is 18.1 Å². The molecule has 0 aliphatic rings. The molecule has 0 spiro atoms. The van der Waals surface area contributed by atoms with E-state index in [-0.39, 0.29) is 18.1 Å². The van der Waals surface area contributed by atoms with Gasteiger partial charge in [0.15, 0.2) is 0 Å². The molecule has 2 aromatic carbocycles. The van der Waals surface area contributed by atoms with Crippen molar-refractivity contribution in [3.8, 4) is 17.2 Å². The first kappa shape index (κ1) is 21.8. The van der Waals surface area contributed by atoms with Crippen molar-refractivity contribution in [2.45, 2.75) is 32.4 Å². The molecule has 2 rings (SSSR count). The van der Waals surface area contributed by atoms with Crippen LogP contribution in [-0.4, -0.2) is 6.61 Å². The lowest BCUT2D eigenvalue weighted by atomic mass is 9.99. The van der Waals surface area contributed by atoms with Crippen LogP contribution in [0.3, 0.4) is 0 Å². The molecule has 0 saturated carbocycles. The average molecular weight is 508 g/mol. The van der Waals surface area contributed by atoms with E-state index in [2.05, 4.69) is 45.7 Å². The number of alkyl halides is 3. The molecule has 1 unspecified atom stereocenters. The molecule has 7 heteroatoms. The van der Waals surface area contributed by atoms with Gasteiger partial charge in [-0.3, -0.25) is 0 Å². The third kappa shape index (κ3) is 6.57. The van der Waals surface area contributed by atoms with Gasteiger partial charge < -0.3 is 9.47 Å². The van der Waals surface area contributed by atoms with Crippen LogP contribution in [0.4, 0.5) is 13.2 Å². The van der Waals surface area contributed by atoms with Crippen molar-refractivity contribution in [1.82, 2.24) is 0 Å². The highest BCUT2D eigenvalue weighted by Crippen LogP contribution is 2.39. The Morgan fingerprint density at radius 3 is 2.26 bits per heavy atom. The molecule has 146 valence electrons. The van der Waals surface area contributed by atoms with Crippen LogP contribution in [0.25, 0.3) is 0 Å². The van der Waals surface area contributed by atoms with Crippen molar-refractivity contribution >= 4 is 31.9 Å². The van der Waals surface area contributed by atoms with Gasteiger partial charge >= 0.3 is 6.18 Å². The van der Waals surface area contributed by atoms with Crippen molar-refractivity contribution in [3.05, 3.63) is 63.1 Å². The zero-order valence-corrected chi connectivity index (χ0v) is 18.0. The Kier molecular flexibility index (Phi) is 7.79. The third-order valence-electron chi connectivity index (χ3n) is 4.03. The maximum absolute atomic E-state index is 13.4. The number of hydrogen-bond acceptors (Lipinski definition) is 2. The minimum atomic E-state index is -4.55. The molecule has 1 atom stereocenters. The largest absolute Gasteiger partial charge is 0.489 e. The fraction of sp³-hybridized carbons (Fsp3) is 0.300. The maximum Gasteiger partial charge on any atom is 0.420 e. The number of halogens is 5. The van der Waals surface area contributed by atoms with Crippen molar-refractivity contribution in [2.24, 2.45) is 0 Å². The predicted octanol–water partition coefficient (Wildman–Crippen LogP) is 8.02. The second-order valence-corrected chi connectivity index (χ2v) is 8.71. The highest BCUT2D eigenvalue weighted by atomic mass is 79.9. The fourth-order valence-electron chi connectivity index (χ4n) is 2.35. The molecule has 0 aliphatic carbocycles. The standard InChI is InChI=1S/C20H19Br2F3O2/c1-3-13(2)14-4-6-15(7-5-14)27-16-8-9-18(26-11-10-19(21)22)17(12-16)20(23,24)25/h4-10,12-13H,3,11H2,1-2H3. The average Bonchev–Trinajstić information content (AvgIpc) is 2.61. The second-order valence-electron chi connectivity index (χ2n) is 5.94. The van der Waals surface area contributed by atoms with Crippen LogP contribution in [0.1, 0.15) is 37.3 Å². The minimum Gasteiger partial charge on any atom is -0.489 e. The van der Waals surface area contributed by atoms with Crippen molar-refractivity contribution in [2.75, 3.05) is 6.61 Å². The van der Waals surface area contributed by atoms with Gasteiger partial charge in [-0.15, -0.1) is 0 Å². The fourth-order valence-corrected chi connectivity index (χ4v) is 2.61. The molecule has 0 amide bonds. The lowest BCUT2D eigenvalue weighted by Crippen LogP contribution is -2.09. The summed E-state index contributed by atoms with van der Waals surface area (Å²) in [6, 6.07) is 11.0. The number of rotatable bonds is 7. The lowest BCUT2D eigenvalue weighted by molar-refractivity contribution is -0.138. The molecule has 2 nitrogen and oxygen atoms in total. The first-order chi connectivity index (χ1) is 12.7. The van der Waals surface area contributed by atoms with Crippen LogP contribution in [0, 0.1) is 0 Å². The Balaban J connectivity index is 2.21. The van der Waals surface area contributed by atoms with Gasteiger partial charge in [0.1, 0.15) is 29.4 Å². The van der Waals surface area contributed by atoms with E-state index in [4.69, 9.17) is 9.47 Å². The van der Waals surface area contributed by atoms with E-state index < -0.39 is 11.7 Å². The van der Waals surface area contributed by atoms with E-state index in [0.29, 0.717) is 15.1 Å². The Morgan fingerprint density at radius 2 is 1.70 bits per heavy atom. The van der Waals surface area contributed by atoms with Gasteiger partial charge in [-0.1, -0.05) is 26.0 Å². The predicted molar refractivity (Wildman–Crippen MR) is 108 cm³/mol. The molecule has 0 saturated heterocycles. The van der Waals surface area contributed by atoms with Crippen LogP contribution in [-0.2, 0) is 6.18 Å². The van der Waals surface area contributed by atoms with Gasteiger partial charge in [0.25, 0.3) is 0 Å². The lowest BCUT2D eigenvalue weighted by Gasteiger charge is -2.15. The van der Waals surface area contributed by atoms with Gasteiger partial charge in [-0.25, -0.2) is 0 Å². The van der Waals surface area contributed by atoms with Crippen LogP contribution in [0.2, 0.25) is 0 Å². The van der Waals surface area contributed by atoms with E-state index >= 15 is 0 Å². The van der Waals surface area contributed by atoms with Gasteiger partial charge in [0.05, 0.1) is 3.39 Å². The number of benzene rings is 2. The Morgan fingerprint density at radius 1 is 1.07 bits per heavy atom. The molecule has 0 N–H and O–H groups in total. The summed E-state index contributed by atoms with van der Waals surface area (Å²) in [6.45, 7) is 4.21. The van der Waals surface area contributed by atoms with Crippen molar-refractivity contribution in [1.29, 1.82) is 0 Å². The van der Waals surface area contributed by atoms with Crippen LogP contribution < -0.4 is 9.47 Å². The SMILES string of the molecule is CCC(C)c1ccc(Oc2ccc(OCC=C(Br)Br)c(C(F)(F)F)c2)cc1. The Labute approximate surface area is 173 Å². The smallest absolute Gasteiger partial charge is 0.420 e. The summed E-state index contributed by atoms with van der Waals surface area (Å²) in [5.41, 5.74) is 0.283. The first-order valence-corrected chi connectivity index (χ1v) is 9.92. The summed E-state index contributed by atoms with van der Waals surface area (Å²) in [7, 11) is 0. The van der Waals surface area contributed by atoms with Gasteiger partial charge in [-0.2, -0.15) is 13.2 Å². The van der Waals surface area contributed by atoms with Gasteiger partial charge in [-0.05, 0) is 86.2 Å². The van der Waals surface area contributed by atoms with Crippen LogP contribution >= 0.6 is 31.9 Å². The minimum absolute atomic E-state index is 0.00775. The Bertz CT molecular complexity index is 783. The molecule has 27 heavy (non-hydrogen) atoms. The third-order valence-corrected chi connectivity index (χ3v) is 4.68. The van der Waals surface area contributed by atoms with Crippen molar-refractivity contribution in [3.63, 3.8) is 0 Å². The zero-order valence-electron chi connectivity index (χ0n) is 14.8. The van der Waals surface area contributed by atoms with E-state index in [1.54, 1.807) is 18.2 Å². The van der Waals surface area contributed by atoms with Crippen LogP contribution in [0.15, 0.2) is 51.9 Å². The summed E-state index contributed by atoms with van der Waals surface area (Å²) in [5, 5.41) is 0. The molecule has 2 aromatic rings.